The van der Waals surface area contributed by atoms with Gasteiger partial charge in [0.1, 0.15) is 0 Å². The number of carboxylic acid groups (broad SMARTS) is 1. The Morgan fingerprint density at radius 2 is 1.94 bits per heavy atom. The summed E-state index contributed by atoms with van der Waals surface area (Å²) in [6, 6.07) is 12.0. The Labute approximate surface area is 98.3 Å². The summed E-state index contributed by atoms with van der Waals surface area (Å²) in [5.74, 6) is -0.791. The van der Waals surface area contributed by atoms with Crippen LogP contribution in [-0.2, 0) is 11.2 Å². The van der Waals surface area contributed by atoms with Crippen molar-refractivity contribution in [2.45, 2.75) is 11.3 Å². The summed E-state index contributed by atoms with van der Waals surface area (Å²) in [4.78, 5) is 11.8. The molecule has 0 fully saturated rings. The lowest BCUT2D eigenvalue weighted by Crippen LogP contribution is -1.99. The Bertz CT molecular complexity index is 534. The maximum absolute atomic E-state index is 10.6. The lowest BCUT2D eigenvalue weighted by atomic mass is 10.1. The van der Waals surface area contributed by atoms with Crippen molar-refractivity contribution in [2.24, 2.45) is 0 Å². The summed E-state index contributed by atoms with van der Waals surface area (Å²) in [7, 11) is 0. The first-order chi connectivity index (χ1) is 7.69. The number of hydrogen-bond donors (Lipinski definition) is 1. The van der Waals surface area contributed by atoms with Gasteiger partial charge in [-0.15, -0.1) is 11.8 Å². The van der Waals surface area contributed by atoms with Gasteiger partial charge in [0.15, 0.2) is 0 Å². The molecule has 0 saturated carbocycles. The fourth-order valence-electron chi connectivity index (χ4n) is 1.69. The van der Waals surface area contributed by atoms with Gasteiger partial charge < -0.3 is 5.11 Å². The van der Waals surface area contributed by atoms with Gasteiger partial charge in [0.2, 0.25) is 0 Å². The van der Waals surface area contributed by atoms with Gasteiger partial charge >= 0.3 is 5.97 Å². The first-order valence-electron chi connectivity index (χ1n) is 4.97. The van der Waals surface area contributed by atoms with E-state index in [1.807, 2.05) is 24.5 Å². The van der Waals surface area contributed by atoms with Crippen LogP contribution in [0.25, 0.3) is 10.8 Å². The minimum Gasteiger partial charge on any atom is -0.481 e. The summed E-state index contributed by atoms with van der Waals surface area (Å²) >= 11 is 1.69. The summed E-state index contributed by atoms with van der Waals surface area (Å²) in [6.45, 7) is 0. The van der Waals surface area contributed by atoms with Crippen molar-refractivity contribution in [3.63, 3.8) is 0 Å². The van der Waals surface area contributed by atoms with E-state index in [4.69, 9.17) is 5.11 Å². The van der Waals surface area contributed by atoms with Crippen molar-refractivity contribution in [3.05, 3.63) is 42.0 Å². The minimum atomic E-state index is -0.791. The molecule has 0 spiro atoms. The second-order valence-corrected chi connectivity index (χ2v) is 4.50. The summed E-state index contributed by atoms with van der Waals surface area (Å²) in [5.41, 5.74) is 0.846. The van der Waals surface area contributed by atoms with Crippen molar-refractivity contribution < 1.29 is 9.90 Å². The van der Waals surface area contributed by atoms with Crippen LogP contribution in [0.2, 0.25) is 0 Å². The first kappa shape index (κ1) is 11.0. The van der Waals surface area contributed by atoms with Gasteiger partial charge in [0.25, 0.3) is 0 Å². The molecule has 0 amide bonds. The average Bonchev–Trinajstić information content (AvgIpc) is 2.27. The Kier molecular flexibility index (Phi) is 3.15. The molecule has 0 bridgehead atoms. The molecule has 82 valence electrons. The van der Waals surface area contributed by atoms with Gasteiger partial charge in [-0.25, -0.2) is 0 Å². The van der Waals surface area contributed by atoms with Crippen LogP contribution in [0.15, 0.2) is 41.3 Å². The smallest absolute Gasteiger partial charge is 0.307 e. The van der Waals surface area contributed by atoms with E-state index < -0.39 is 5.97 Å². The summed E-state index contributed by atoms with van der Waals surface area (Å²) < 4.78 is 0. The Morgan fingerprint density at radius 3 is 2.62 bits per heavy atom. The SMILES string of the molecule is CSc1ccc2ccc(CC(=O)O)cc2c1. The highest BCUT2D eigenvalue weighted by Crippen LogP contribution is 2.23. The van der Waals surface area contributed by atoms with Crippen molar-refractivity contribution in [1.29, 1.82) is 0 Å². The molecule has 0 aliphatic heterocycles. The summed E-state index contributed by atoms with van der Waals surface area (Å²) in [5, 5.41) is 11.0. The monoisotopic (exact) mass is 232 g/mol. The number of carbonyl (C=O) groups is 1. The van der Waals surface area contributed by atoms with Gasteiger partial charge in [-0.3, -0.25) is 4.79 Å². The molecule has 0 saturated heterocycles. The van der Waals surface area contributed by atoms with Crippen molar-refractivity contribution in [3.8, 4) is 0 Å². The highest BCUT2D eigenvalue weighted by atomic mass is 32.2. The number of aliphatic carboxylic acids is 1. The normalized spacial score (nSPS) is 10.6. The van der Waals surface area contributed by atoms with E-state index >= 15 is 0 Å². The quantitative estimate of drug-likeness (QED) is 0.826. The van der Waals surface area contributed by atoms with Crippen LogP contribution >= 0.6 is 11.8 Å². The molecule has 3 heteroatoms. The van der Waals surface area contributed by atoms with E-state index in [1.54, 1.807) is 11.8 Å². The second-order valence-electron chi connectivity index (χ2n) is 3.62. The van der Waals surface area contributed by atoms with Gasteiger partial charge in [0.05, 0.1) is 6.42 Å². The number of benzene rings is 2. The fourth-order valence-corrected chi connectivity index (χ4v) is 2.13. The van der Waals surface area contributed by atoms with Crippen LogP contribution in [0, 0.1) is 0 Å². The molecule has 0 aliphatic carbocycles. The van der Waals surface area contributed by atoms with Crippen molar-refractivity contribution in [1.82, 2.24) is 0 Å². The minimum absolute atomic E-state index is 0.0828. The highest BCUT2D eigenvalue weighted by molar-refractivity contribution is 7.98. The maximum Gasteiger partial charge on any atom is 0.307 e. The number of thioether (sulfide) groups is 1. The zero-order valence-corrected chi connectivity index (χ0v) is 9.75. The largest absolute Gasteiger partial charge is 0.481 e. The van der Waals surface area contributed by atoms with E-state index in [1.165, 1.54) is 4.90 Å². The standard InChI is InChI=1S/C13H12O2S/c1-16-12-5-4-10-3-2-9(7-13(14)15)6-11(10)8-12/h2-6,8H,7H2,1H3,(H,14,15). The van der Waals surface area contributed by atoms with Crippen LogP contribution in [0.1, 0.15) is 5.56 Å². The van der Waals surface area contributed by atoms with Crippen LogP contribution in [0.4, 0.5) is 0 Å². The third-order valence-electron chi connectivity index (χ3n) is 2.47. The van der Waals surface area contributed by atoms with E-state index in [0.29, 0.717) is 0 Å². The van der Waals surface area contributed by atoms with E-state index in [0.717, 1.165) is 16.3 Å². The second kappa shape index (κ2) is 4.58. The Balaban J connectivity index is 2.46. The molecule has 0 atom stereocenters. The Hall–Kier alpha value is -1.48. The fraction of sp³-hybridized carbons (Fsp3) is 0.154. The van der Waals surface area contributed by atoms with E-state index in [2.05, 4.69) is 18.2 Å². The molecule has 16 heavy (non-hydrogen) atoms. The third-order valence-corrected chi connectivity index (χ3v) is 3.19. The maximum atomic E-state index is 10.6. The van der Waals surface area contributed by atoms with Gasteiger partial charge in [0, 0.05) is 4.90 Å². The average molecular weight is 232 g/mol. The third kappa shape index (κ3) is 2.36. The molecule has 2 rings (SSSR count). The number of hydrogen-bond acceptors (Lipinski definition) is 2. The lowest BCUT2D eigenvalue weighted by Gasteiger charge is -2.03. The van der Waals surface area contributed by atoms with Crippen LogP contribution in [0.3, 0.4) is 0 Å². The zero-order valence-electron chi connectivity index (χ0n) is 8.93. The molecule has 0 aliphatic rings. The number of carboxylic acids is 1. The van der Waals surface area contributed by atoms with E-state index in [-0.39, 0.29) is 6.42 Å². The Morgan fingerprint density at radius 1 is 1.19 bits per heavy atom. The molecule has 2 aromatic rings. The molecule has 2 nitrogen and oxygen atoms in total. The van der Waals surface area contributed by atoms with Crippen LogP contribution in [0.5, 0.6) is 0 Å². The molecule has 0 aromatic heterocycles. The van der Waals surface area contributed by atoms with Crippen molar-refractivity contribution in [2.75, 3.05) is 6.26 Å². The first-order valence-corrected chi connectivity index (χ1v) is 6.20. The van der Waals surface area contributed by atoms with Crippen LogP contribution in [-0.4, -0.2) is 17.3 Å². The molecule has 0 heterocycles. The summed E-state index contributed by atoms with van der Waals surface area (Å²) in [6.07, 6.45) is 2.11. The molecule has 2 aromatic carbocycles. The highest BCUT2D eigenvalue weighted by Gasteiger charge is 2.02. The predicted molar refractivity (Wildman–Crippen MR) is 67.1 cm³/mol. The van der Waals surface area contributed by atoms with Crippen molar-refractivity contribution >= 4 is 28.5 Å². The number of fused-ring (bicyclic) bond motifs is 1. The van der Waals surface area contributed by atoms with Gasteiger partial charge in [-0.05, 0) is 34.7 Å². The number of rotatable bonds is 3. The molecular formula is C13H12O2S. The molecular weight excluding hydrogens is 220 g/mol. The van der Waals surface area contributed by atoms with Gasteiger partial charge in [-0.1, -0.05) is 24.3 Å². The topological polar surface area (TPSA) is 37.3 Å². The van der Waals surface area contributed by atoms with Gasteiger partial charge in [-0.2, -0.15) is 0 Å². The molecule has 0 unspecified atom stereocenters. The molecule has 1 N–H and O–H groups in total. The predicted octanol–water partition coefficient (Wildman–Crippen LogP) is 3.19. The lowest BCUT2D eigenvalue weighted by molar-refractivity contribution is -0.136. The molecule has 0 radical (unpaired) electrons. The zero-order chi connectivity index (χ0) is 11.5. The van der Waals surface area contributed by atoms with E-state index in [9.17, 15) is 4.79 Å². The van der Waals surface area contributed by atoms with Crippen LogP contribution < -0.4 is 0 Å².